The molecule has 2 aromatic heterocycles. The Morgan fingerprint density at radius 2 is 2.10 bits per heavy atom. The van der Waals surface area contributed by atoms with Crippen molar-refractivity contribution in [1.29, 1.82) is 0 Å². The fourth-order valence-corrected chi connectivity index (χ4v) is 1.90. The topological polar surface area (TPSA) is 70.3 Å². The number of rotatable bonds is 6. The van der Waals surface area contributed by atoms with Gasteiger partial charge in [0.25, 0.3) is 0 Å². The Balaban J connectivity index is 2.26. The van der Waals surface area contributed by atoms with Gasteiger partial charge in [-0.15, -0.1) is 0 Å². The summed E-state index contributed by atoms with van der Waals surface area (Å²) >= 11 is 0. The maximum absolute atomic E-state index is 6.29. The number of methoxy groups -OCH3 is 1. The van der Waals surface area contributed by atoms with E-state index >= 15 is 0 Å². The fraction of sp³-hybridized carbons (Fsp3) is 0.333. The Hall–Kier alpha value is -2.14. The second kappa shape index (κ2) is 6.86. The van der Waals surface area contributed by atoms with E-state index in [1.54, 1.807) is 31.9 Å². The first-order chi connectivity index (χ1) is 9.76. The molecule has 20 heavy (non-hydrogen) atoms. The van der Waals surface area contributed by atoms with Crippen LogP contribution in [0.5, 0.6) is 11.5 Å². The summed E-state index contributed by atoms with van der Waals surface area (Å²) in [6.45, 7) is 2.73. The van der Waals surface area contributed by atoms with Crippen LogP contribution in [0.1, 0.15) is 30.5 Å². The van der Waals surface area contributed by atoms with E-state index in [0.717, 1.165) is 23.3 Å². The number of hydrogen-bond acceptors (Lipinski definition) is 5. The highest BCUT2D eigenvalue weighted by Gasteiger charge is 2.15. The van der Waals surface area contributed by atoms with Crippen LogP contribution in [0.2, 0.25) is 0 Å². The van der Waals surface area contributed by atoms with Crippen LogP contribution < -0.4 is 15.2 Å². The molecule has 0 amide bonds. The van der Waals surface area contributed by atoms with Crippen LogP contribution in [0.3, 0.4) is 0 Å². The largest absolute Gasteiger partial charge is 0.495 e. The monoisotopic (exact) mass is 273 g/mol. The first-order valence-electron chi connectivity index (χ1n) is 6.57. The lowest BCUT2D eigenvalue weighted by atomic mass is 10.0. The third kappa shape index (κ3) is 3.24. The number of nitrogens with two attached hydrogens (primary N) is 1. The minimum absolute atomic E-state index is 0.328. The van der Waals surface area contributed by atoms with Crippen molar-refractivity contribution in [2.24, 2.45) is 5.73 Å². The van der Waals surface area contributed by atoms with Gasteiger partial charge in [0.05, 0.1) is 32.2 Å². The molecule has 2 heterocycles. The van der Waals surface area contributed by atoms with E-state index < -0.39 is 0 Å². The lowest BCUT2D eigenvalue weighted by molar-refractivity contribution is 0.315. The van der Waals surface area contributed by atoms with Crippen molar-refractivity contribution in [3.05, 3.63) is 48.0 Å². The van der Waals surface area contributed by atoms with E-state index in [2.05, 4.69) is 16.9 Å². The Kier molecular flexibility index (Phi) is 4.90. The molecule has 106 valence electrons. The second-order valence-electron chi connectivity index (χ2n) is 4.40. The Bertz CT molecular complexity index is 560. The Morgan fingerprint density at radius 1 is 1.25 bits per heavy atom. The molecule has 0 spiro atoms. The standard InChI is InChI=1S/C15H19N3O2/c1-3-6-20-12-7-11(8-18-9-12)15(16)13-4-5-17-10-14(13)19-2/h4-5,7-10,15H,3,6,16H2,1-2H3. The van der Waals surface area contributed by atoms with Crippen LogP contribution in [-0.4, -0.2) is 23.7 Å². The molecule has 2 aromatic rings. The summed E-state index contributed by atoms with van der Waals surface area (Å²) in [7, 11) is 1.60. The predicted molar refractivity (Wildman–Crippen MR) is 76.8 cm³/mol. The van der Waals surface area contributed by atoms with Gasteiger partial charge in [-0.2, -0.15) is 0 Å². The van der Waals surface area contributed by atoms with Gasteiger partial charge in [-0.1, -0.05) is 6.92 Å². The predicted octanol–water partition coefficient (Wildman–Crippen LogP) is 2.32. The summed E-state index contributed by atoms with van der Waals surface area (Å²) in [5, 5.41) is 0. The Morgan fingerprint density at radius 3 is 2.85 bits per heavy atom. The molecule has 2 rings (SSSR count). The minimum atomic E-state index is -0.328. The number of pyridine rings is 2. The summed E-state index contributed by atoms with van der Waals surface area (Å²) in [4.78, 5) is 8.21. The molecule has 0 aliphatic heterocycles. The maximum Gasteiger partial charge on any atom is 0.142 e. The van der Waals surface area contributed by atoms with Gasteiger partial charge in [0.2, 0.25) is 0 Å². The third-order valence-corrected chi connectivity index (χ3v) is 2.94. The van der Waals surface area contributed by atoms with Gasteiger partial charge in [0, 0.05) is 18.0 Å². The smallest absolute Gasteiger partial charge is 0.142 e. The molecule has 0 radical (unpaired) electrons. The zero-order valence-corrected chi connectivity index (χ0v) is 11.7. The molecule has 1 unspecified atom stereocenters. The molecule has 1 atom stereocenters. The molecular weight excluding hydrogens is 254 g/mol. The summed E-state index contributed by atoms with van der Waals surface area (Å²) in [5.74, 6) is 1.40. The van der Waals surface area contributed by atoms with Crippen LogP contribution in [0.4, 0.5) is 0 Å². The molecule has 5 nitrogen and oxygen atoms in total. The highest BCUT2D eigenvalue weighted by atomic mass is 16.5. The molecular formula is C15H19N3O2. The van der Waals surface area contributed by atoms with E-state index in [1.807, 2.05) is 12.1 Å². The average Bonchev–Trinajstić information content (AvgIpc) is 2.52. The molecule has 0 aliphatic carbocycles. The number of hydrogen-bond donors (Lipinski definition) is 1. The van der Waals surface area contributed by atoms with Crippen LogP contribution in [-0.2, 0) is 0 Å². The van der Waals surface area contributed by atoms with Crippen molar-refractivity contribution in [3.63, 3.8) is 0 Å². The van der Waals surface area contributed by atoms with Crippen molar-refractivity contribution in [3.8, 4) is 11.5 Å². The molecule has 2 N–H and O–H groups in total. The van der Waals surface area contributed by atoms with E-state index in [1.165, 1.54) is 0 Å². The first-order valence-corrected chi connectivity index (χ1v) is 6.57. The Labute approximate surface area is 118 Å². The van der Waals surface area contributed by atoms with Crippen LogP contribution >= 0.6 is 0 Å². The highest BCUT2D eigenvalue weighted by molar-refractivity contribution is 5.40. The van der Waals surface area contributed by atoms with Crippen molar-refractivity contribution >= 4 is 0 Å². The fourth-order valence-electron chi connectivity index (χ4n) is 1.90. The van der Waals surface area contributed by atoms with Gasteiger partial charge in [-0.25, -0.2) is 0 Å². The van der Waals surface area contributed by atoms with Gasteiger partial charge in [-0.05, 0) is 24.1 Å². The number of nitrogens with zero attached hydrogens (tertiary/aromatic N) is 2. The van der Waals surface area contributed by atoms with Gasteiger partial charge in [-0.3, -0.25) is 9.97 Å². The first kappa shape index (κ1) is 14.3. The van der Waals surface area contributed by atoms with E-state index in [0.29, 0.717) is 12.4 Å². The van der Waals surface area contributed by atoms with Crippen LogP contribution in [0, 0.1) is 0 Å². The minimum Gasteiger partial charge on any atom is -0.495 e. The van der Waals surface area contributed by atoms with Crippen molar-refractivity contribution in [2.45, 2.75) is 19.4 Å². The lowest BCUT2D eigenvalue weighted by Crippen LogP contribution is -2.13. The quantitative estimate of drug-likeness (QED) is 0.874. The van der Waals surface area contributed by atoms with E-state index in [-0.39, 0.29) is 6.04 Å². The molecule has 0 bridgehead atoms. The molecule has 0 saturated carbocycles. The SMILES string of the molecule is CCCOc1cncc(C(N)c2ccncc2OC)c1. The molecule has 0 aliphatic rings. The average molecular weight is 273 g/mol. The summed E-state index contributed by atoms with van der Waals surface area (Å²) < 4.78 is 10.9. The van der Waals surface area contributed by atoms with Crippen molar-refractivity contribution < 1.29 is 9.47 Å². The summed E-state index contributed by atoms with van der Waals surface area (Å²) in [6.07, 6.45) is 7.73. The molecule has 0 aromatic carbocycles. The summed E-state index contributed by atoms with van der Waals surface area (Å²) in [6, 6.07) is 3.43. The van der Waals surface area contributed by atoms with Crippen molar-refractivity contribution in [1.82, 2.24) is 9.97 Å². The van der Waals surface area contributed by atoms with Crippen molar-refractivity contribution in [2.75, 3.05) is 13.7 Å². The molecule has 0 saturated heterocycles. The highest BCUT2D eigenvalue weighted by Crippen LogP contribution is 2.28. The van der Waals surface area contributed by atoms with Gasteiger partial charge >= 0.3 is 0 Å². The molecule has 0 fully saturated rings. The van der Waals surface area contributed by atoms with E-state index in [9.17, 15) is 0 Å². The normalized spacial score (nSPS) is 11.9. The number of aromatic nitrogens is 2. The number of ether oxygens (including phenoxy) is 2. The molecule has 5 heteroatoms. The summed E-state index contributed by atoms with van der Waals surface area (Å²) in [5.41, 5.74) is 8.04. The van der Waals surface area contributed by atoms with E-state index in [4.69, 9.17) is 15.2 Å². The zero-order valence-electron chi connectivity index (χ0n) is 11.7. The van der Waals surface area contributed by atoms with Crippen LogP contribution in [0.25, 0.3) is 0 Å². The zero-order chi connectivity index (χ0) is 14.4. The third-order valence-electron chi connectivity index (χ3n) is 2.94. The van der Waals surface area contributed by atoms with Gasteiger partial charge in [0.15, 0.2) is 0 Å². The van der Waals surface area contributed by atoms with Gasteiger partial charge < -0.3 is 15.2 Å². The van der Waals surface area contributed by atoms with Gasteiger partial charge in [0.1, 0.15) is 11.5 Å². The van der Waals surface area contributed by atoms with Crippen LogP contribution in [0.15, 0.2) is 36.9 Å². The second-order valence-corrected chi connectivity index (χ2v) is 4.40. The lowest BCUT2D eigenvalue weighted by Gasteiger charge is -2.16. The maximum atomic E-state index is 6.29.